The summed E-state index contributed by atoms with van der Waals surface area (Å²) in [7, 11) is 1.61. The van der Waals surface area contributed by atoms with Gasteiger partial charge in [0, 0.05) is 18.1 Å². The number of aliphatic hydroxyl groups excluding tert-OH is 1. The first kappa shape index (κ1) is 27.6. The van der Waals surface area contributed by atoms with Crippen molar-refractivity contribution in [3.8, 4) is 5.75 Å². The van der Waals surface area contributed by atoms with Crippen molar-refractivity contribution in [2.24, 2.45) is 11.8 Å². The summed E-state index contributed by atoms with van der Waals surface area (Å²) in [5, 5.41) is 23.0. The molecule has 0 radical (unpaired) electrons. The molecular weight excluding hydrogens is 511 g/mol. The second-order valence-electron chi connectivity index (χ2n) is 9.84. The van der Waals surface area contributed by atoms with Gasteiger partial charge in [0.2, 0.25) is 0 Å². The largest absolute Gasteiger partial charge is 0.497 e. The van der Waals surface area contributed by atoms with E-state index in [1.54, 1.807) is 19.4 Å². The number of carbonyl (C=O) groups is 1. The third kappa shape index (κ3) is 6.94. The van der Waals surface area contributed by atoms with Crippen LogP contribution in [0.15, 0.2) is 48.7 Å². The third-order valence-corrected chi connectivity index (χ3v) is 8.37. The topological polar surface area (TPSA) is 82.9 Å². The van der Waals surface area contributed by atoms with E-state index in [0.29, 0.717) is 35.2 Å². The van der Waals surface area contributed by atoms with E-state index in [1.807, 2.05) is 36.4 Å². The quantitative estimate of drug-likeness (QED) is 0.271. The van der Waals surface area contributed by atoms with Gasteiger partial charge in [-0.25, -0.2) is 0 Å². The zero-order valence-electron chi connectivity index (χ0n) is 21.1. The van der Waals surface area contributed by atoms with Crippen molar-refractivity contribution in [3.63, 3.8) is 0 Å². The summed E-state index contributed by atoms with van der Waals surface area (Å²) in [4.78, 5) is 18.8. The number of pyridine rings is 1. The highest BCUT2D eigenvalue weighted by atomic mass is 35.5. The molecule has 6 nitrogen and oxygen atoms in total. The highest BCUT2D eigenvalue weighted by molar-refractivity contribution is 6.42. The fraction of sp³-hybridized carbons (Fsp3) is 0.448. The van der Waals surface area contributed by atoms with Crippen LogP contribution in [0.2, 0.25) is 10.0 Å². The molecule has 3 atom stereocenters. The van der Waals surface area contributed by atoms with Gasteiger partial charge < -0.3 is 19.8 Å². The van der Waals surface area contributed by atoms with E-state index in [-0.39, 0.29) is 5.92 Å². The summed E-state index contributed by atoms with van der Waals surface area (Å²) in [6.07, 6.45) is 5.78. The molecule has 0 spiro atoms. The van der Waals surface area contributed by atoms with Gasteiger partial charge in [0.25, 0.3) is 0 Å². The van der Waals surface area contributed by atoms with Crippen molar-refractivity contribution >= 4 is 40.1 Å². The second kappa shape index (κ2) is 12.9. The number of hydrogen-bond acceptors (Lipinski definition) is 5. The molecule has 1 aliphatic heterocycles. The minimum absolute atomic E-state index is 0.0382. The molecular formula is C29H34Cl2N2O4. The number of nitrogens with zero attached hydrogens (tertiary/aromatic N) is 2. The molecule has 37 heavy (non-hydrogen) atoms. The number of hydrogen-bond donors (Lipinski definition) is 2. The molecule has 0 amide bonds. The lowest BCUT2D eigenvalue weighted by atomic mass is 9.81. The van der Waals surface area contributed by atoms with Gasteiger partial charge in [0.05, 0.1) is 34.7 Å². The Kier molecular flexibility index (Phi) is 9.65. The predicted octanol–water partition coefficient (Wildman–Crippen LogP) is 6.41. The first-order valence-corrected chi connectivity index (χ1v) is 13.6. The molecule has 2 heterocycles. The molecule has 0 aliphatic carbocycles. The minimum atomic E-state index is -0.756. The van der Waals surface area contributed by atoms with Crippen molar-refractivity contribution in [1.29, 1.82) is 0 Å². The van der Waals surface area contributed by atoms with Crippen LogP contribution in [0.3, 0.4) is 0 Å². The van der Waals surface area contributed by atoms with Gasteiger partial charge in [0.15, 0.2) is 0 Å². The Morgan fingerprint density at radius 1 is 1.22 bits per heavy atom. The molecule has 3 aromatic rings. The molecule has 8 heteroatoms. The number of methoxy groups -OCH3 is 1. The highest BCUT2D eigenvalue weighted by Gasteiger charge is 2.34. The van der Waals surface area contributed by atoms with Crippen LogP contribution in [0.25, 0.3) is 10.9 Å². The van der Waals surface area contributed by atoms with E-state index >= 15 is 0 Å². The molecule has 1 fully saturated rings. The summed E-state index contributed by atoms with van der Waals surface area (Å²) >= 11 is 12.4. The average Bonchev–Trinajstić information content (AvgIpc) is 2.91. The van der Waals surface area contributed by atoms with Crippen molar-refractivity contribution < 1.29 is 19.7 Å². The van der Waals surface area contributed by atoms with Crippen LogP contribution in [-0.2, 0) is 11.2 Å². The number of rotatable bonds is 11. The van der Waals surface area contributed by atoms with E-state index in [1.165, 1.54) is 0 Å². The SMILES string of the molecule is COc1ccc2nccc([C@@H](O)CC[C@@H]3CCN(CCCCc4cccc(Cl)c4Cl)C[C@@H]3C(=O)O)c2c1. The van der Waals surface area contributed by atoms with Crippen LogP contribution < -0.4 is 4.74 Å². The lowest BCUT2D eigenvalue weighted by molar-refractivity contribution is -0.146. The molecule has 0 unspecified atom stereocenters. The van der Waals surface area contributed by atoms with E-state index in [0.717, 1.165) is 60.8 Å². The summed E-state index contributed by atoms with van der Waals surface area (Å²) < 4.78 is 5.34. The second-order valence-corrected chi connectivity index (χ2v) is 10.6. The zero-order chi connectivity index (χ0) is 26.4. The highest BCUT2D eigenvalue weighted by Crippen LogP contribution is 2.34. The van der Waals surface area contributed by atoms with Gasteiger partial charge in [-0.1, -0.05) is 35.3 Å². The normalized spacial score (nSPS) is 19.1. The molecule has 0 saturated carbocycles. The maximum atomic E-state index is 12.1. The smallest absolute Gasteiger partial charge is 0.308 e. The van der Waals surface area contributed by atoms with Crippen LogP contribution >= 0.6 is 23.2 Å². The number of halogens is 2. The minimum Gasteiger partial charge on any atom is -0.497 e. The van der Waals surface area contributed by atoms with Crippen molar-refractivity contribution in [1.82, 2.24) is 9.88 Å². The van der Waals surface area contributed by atoms with Gasteiger partial charge in [-0.3, -0.25) is 9.78 Å². The van der Waals surface area contributed by atoms with Gasteiger partial charge >= 0.3 is 5.97 Å². The Balaban J connectivity index is 1.30. The summed E-state index contributed by atoms with van der Waals surface area (Å²) in [5.74, 6) is -0.439. The van der Waals surface area contributed by atoms with Gasteiger partial charge in [-0.15, -0.1) is 0 Å². The number of benzene rings is 2. The lowest BCUT2D eigenvalue weighted by Gasteiger charge is -2.37. The maximum absolute atomic E-state index is 12.1. The molecule has 2 aromatic carbocycles. The number of ether oxygens (including phenoxy) is 1. The number of likely N-dealkylation sites (tertiary alicyclic amines) is 1. The average molecular weight is 546 g/mol. The van der Waals surface area contributed by atoms with Crippen LogP contribution in [0.1, 0.15) is 49.3 Å². The van der Waals surface area contributed by atoms with Crippen LogP contribution in [-0.4, -0.2) is 52.8 Å². The Morgan fingerprint density at radius 2 is 2.05 bits per heavy atom. The molecule has 1 aromatic heterocycles. The molecule has 2 N–H and O–H groups in total. The first-order valence-electron chi connectivity index (χ1n) is 12.9. The van der Waals surface area contributed by atoms with Crippen molar-refractivity contribution in [2.75, 3.05) is 26.7 Å². The van der Waals surface area contributed by atoms with Crippen LogP contribution in [0, 0.1) is 11.8 Å². The Bertz CT molecular complexity index is 1220. The third-order valence-electron chi connectivity index (χ3n) is 7.51. The van der Waals surface area contributed by atoms with E-state index in [4.69, 9.17) is 27.9 Å². The van der Waals surface area contributed by atoms with E-state index in [2.05, 4.69) is 9.88 Å². The van der Waals surface area contributed by atoms with Crippen molar-refractivity contribution in [2.45, 2.75) is 44.6 Å². The fourth-order valence-electron chi connectivity index (χ4n) is 5.38. The molecule has 1 aliphatic rings. The number of aliphatic hydroxyl groups is 1. The zero-order valence-corrected chi connectivity index (χ0v) is 22.6. The lowest BCUT2D eigenvalue weighted by Crippen LogP contribution is -2.44. The fourth-order valence-corrected chi connectivity index (χ4v) is 5.80. The summed E-state index contributed by atoms with van der Waals surface area (Å²) in [6.45, 7) is 2.28. The number of aliphatic carboxylic acids is 1. The number of carboxylic acid groups (broad SMARTS) is 1. The van der Waals surface area contributed by atoms with Crippen LogP contribution in [0.5, 0.6) is 5.75 Å². The first-order chi connectivity index (χ1) is 17.9. The Labute approximate surface area is 228 Å². The van der Waals surface area contributed by atoms with E-state index in [9.17, 15) is 15.0 Å². The van der Waals surface area contributed by atoms with Gasteiger partial charge in [-0.05, 0) is 99.0 Å². The predicted molar refractivity (Wildman–Crippen MR) is 148 cm³/mol. The number of carboxylic acids is 1. The Hall–Kier alpha value is -2.38. The number of aryl methyl sites for hydroxylation is 1. The molecule has 198 valence electrons. The van der Waals surface area contributed by atoms with Crippen LogP contribution in [0.4, 0.5) is 0 Å². The molecule has 4 rings (SSSR count). The molecule has 1 saturated heterocycles. The number of fused-ring (bicyclic) bond motifs is 1. The monoisotopic (exact) mass is 544 g/mol. The van der Waals surface area contributed by atoms with E-state index < -0.39 is 18.0 Å². The number of unbranched alkanes of at least 4 members (excludes halogenated alkanes) is 1. The van der Waals surface area contributed by atoms with Crippen molar-refractivity contribution in [3.05, 3.63) is 69.8 Å². The standard InChI is InChI=1S/C29H34Cl2N2O4/c1-37-21-9-10-26-23(17-21)22(12-14-32-26)27(34)11-8-19-13-16-33(18-24(19)29(35)36)15-3-2-5-20-6-4-7-25(30)28(20)31/h4,6-7,9-10,12,14,17,19,24,27,34H,2-3,5,8,11,13,15-16,18H2,1H3,(H,35,36)/t19-,24+,27+/m1/s1. The Morgan fingerprint density at radius 3 is 2.84 bits per heavy atom. The number of aromatic nitrogens is 1. The maximum Gasteiger partial charge on any atom is 0.308 e. The summed E-state index contributed by atoms with van der Waals surface area (Å²) in [5.41, 5.74) is 2.65. The van der Waals surface area contributed by atoms with Gasteiger partial charge in [-0.2, -0.15) is 0 Å². The van der Waals surface area contributed by atoms with Gasteiger partial charge in [0.1, 0.15) is 5.75 Å². The molecule has 0 bridgehead atoms. The summed E-state index contributed by atoms with van der Waals surface area (Å²) in [6, 6.07) is 13.2. The number of piperidine rings is 1.